The van der Waals surface area contributed by atoms with Crippen molar-refractivity contribution in [3.63, 3.8) is 0 Å². The Morgan fingerprint density at radius 3 is 2.44 bits per heavy atom. The molecule has 0 saturated heterocycles. The van der Waals surface area contributed by atoms with E-state index in [2.05, 4.69) is 5.32 Å². The Bertz CT molecular complexity index is 329. The highest BCUT2D eigenvalue weighted by atomic mass is 35.5. The fourth-order valence-corrected chi connectivity index (χ4v) is 1.39. The van der Waals surface area contributed by atoms with Gasteiger partial charge in [0, 0.05) is 13.1 Å². The van der Waals surface area contributed by atoms with E-state index in [9.17, 15) is 9.18 Å². The van der Waals surface area contributed by atoms with Gasteiger partial charge in [0.25, 0.3) is 0 Å². The Labute approximate surface area is 101 Å². The molecule has 1 aromatic carbocycles. The van der Waals surface area contributed by atoms with Crippen molar-refractivity contribution < 1.29 is 9.18 Å². The molecule has 3 nitrogen and oxygen atoms in total. The monoisotopic (exact) mass is 246 g/mol. The van der Waals surface area contributed by atoms with Crippen molar-refractivity contribution >= 4 is 18.3 Å². The van der Waals surface area contributed by atoms with Crippen LogP contribution in [0.5, 0.6) is 0 Å². The zero-order valence-electron chi connectivity index (χ0n) is 9.07. The van der Waals surface area contributed by atoms with E-state index in [-0.39, 0.29) is 30.7 Å². The number of carbonyl (C=O) groups is 1. The van der Waals surface area contributed by atoms with Crippen molar-refractivity contribution in [3.05, 3.63) is 35.6 Å². The molecule has 1 rings (SSSR count). The Kier molecular flexibility index (Phi) is 6.69. The van der Waals surface area contributed by atoms with E-state index in [0.717, 1.165) is 5.56 Å². The Morgan fingerprint density at radius 1 is 1.44 bits per heavy atom. The zero-order chi connectivity index (χ0) is 11.3. The first-order valence-electron chi connectivity index (χ1n) is 4.92. The van der Waals surface area contributed by atoms with Crippen LogP contribution < -0.4 is 11.1 Å². The minimum Gasteiger partial charge on any atom is -0.356 e. The molecule has 0 spiro atoms. The van der Waals surface area contributed by atoms with Crippen LogP contribution in [0.1, 0.15) is 18.4 Å². The van der Waals surface area contributed by atoms with Crippen LogP contribution in [-0.2, 0) is 4.79 Å². The zero-order valence-corrected chi connectivity index (χ0v) is 9.89. The molecule has 0 heterocycles. The van der Waals surface area contributed by atoms with E-state index >= 15 is 0 Å². The summed E-state index contributed by atoms with van der Waals surface area (Å²) in [6, 6.07) is 5.83. The molecule has 1 atom stereocenters. The van der Waals surface area contributed by atoms with Crippen LogP contribution in [0, 0.1) is 5.82 Å². The molecule has 0 aliphatic heterocycles. The molecule has 3 N–H and O–H groups in total. The summed E-state index contributed by atoms with van der Waals surface area (Å²) in [7, 11) is 0. The van der Waals surface area contributed by atoms with Crippen molar-refractivity contribution in [2.75, 3.05) is 13.1 Å². The van der Waals surface area contributed by atoms with Crippen molar-refractivity contribution in [2.45, 2.75) is 12.8 Å². The Hall–Kier alpha value is -1.13. The van der Waals surface area contributed by atoms with Gasteiger partial charge in [-0.1, -0.05) is 12.1 Å². The van der Waals surface area contributed by atoms with Gasteiger partial charge >= 0.3 is 0 Å². The second-order valence-corrected chi connectivity index (χ2v) is 3.23. The SMILES string of the molecule is CCNC(=O)C(CN)c1ccc(F)cc1.Cl. The second-order valence-electron chi connectivity index (χ2n) is 3.23. The number of amides is 1. The summed E-state index contributed by atoms with van der Waals surface area (Å²) in [4.78, 5) is 11.6. The maximum Gasteiger partial charge on any atom is 0.228 e. The summed E-state index contributed by atoms with van der Waals surface area (Å²) in [5, 5.41) is 2.70. The van der Waals surface area contributed by atoms with Crippen LogP contribution in [0.3, 0.4) is 0 Å². The number of halogens is 2. The van der Waals surface area contributed by atoms with Gasteiger partial charge in [0.1, 0.15) is 5.82 Å². The number of rotatable bonds is 4. The maximum absolute atomic E-state index is 12.7. The standard InChI is InChI=1S/C11H15FN2O.ClH/c1-2-14-11(15)10(7-13)8-3-5-9(12)6-4-8;/h3-6,10H,2,7,13H2,1H3,(H,14,15);1H. The van der Waals surface area contributed by atoms with Gasteiger partial charge in [-0.05, 0) is 24.6 Å². The predicted octanol–water partition coefficient (Wildman–Crippen LogP) is 1.43. The molecule has 0 fully saturated rings. The molecule has 0 aromatic heterocycles. The van der Waals surface area contributed by atoms with Crippen LogP contribution in [0.4, 0.5) is 4.39 Å². The smallest absolute Gasteiger partial charge is 0.228 e. The number of hydrogen-bond acceptors (Lipinski definition) is 2. The van der Waals surface area contributed by atoms with Crippen LogP contribution in [0.2, 0.25) is 0 Å². The van der Waals surface area contributed by atoms with E-state index in [4.69, 9.17) is 5.73 Å². The Morgan fingerprint density at radius 2 is 2.00 bits per heavy atom. The van der Waals surface area contributed by atoms with Crippen molar-refractivity contribution in [3.8, 4) is 0 Å². The largest absolute Gasteiger partial charge is 0.356 e. The molecule has 1 unspecified atom stereocenters. The van der Waals surface area contributed by atoms with Crippen molar-refractivity contribution in [2.24, 2.45) is 5.73 Å². The minimum absolute atomic E-state index is 0. The molecule has 5 heteroatoms. The molecular formula is C11H16ClFN2O. The quantitative estimate of drug-likeness (QED) is 0.845. The van der Waals surface area contributed by atoms with E-state index in [1.54, 1.807) is 12.1 Å². The average molecular weight is 247 g/mol. The summed E-state index contributed by atoms with van der Waals surface area (Å²) in [5.74, 6) is -0.831. The van der Waals surface area contributed by atoms with Gasteiger partial charge in [-0.2, -0.15) is 0 Å². The van der Waals surface area contributed by atoms with E-state index < -0.39 is 5.92 Å². The maximum atomic E-state index is 12.7. The minimum atomic E-state index is -0.398. The summed E-state index contributed by atoms with van der Waals surface area (Å²) in [6.45, 7) is 2.63. The topological polar surface area (TPSA) is 55.1 Å². The van der Waals surface area contributed by atoms with Crippen LogP contribution >= 0.6 is 12.4 Å². The fourth-order valence-electron chi connectivity index (χ4n) is 1.39. The molecular weight excluding hydrogens is 231 g/mol. The van der Waals surface area contributed by atoms with Gasteiger partial charge in [-0.25, -0.2) is 4.39 Å². The number of benzene rings is 1. The first-order valence-corrected chi connectivity index (χ1v) is 4.92. The highest BCUT2D eigenvalue weighted by molar-refractivity contribution is 5.85. The molecule has 0 bridgehead atoms. The normalized spacial score (nSPS) is 11.4. The highest BCUT2D eigenvalue weighted by Crippen LogP contribution is 2.15. The first-order chi connectivity index (χ1) is 7.19. The molecule has 0 saturated carbocycles. The van der Waals surface area contributed by atoms with Crippen LogP contribution in [0.25, 0.3) is 0 Å². The van der Waals surface area contributed by atoms with Crippen molar-refractivity contribution in [1.82, 2.24) is 5.32 Å². The lowest BCUT2D eigenvalue weighted by molar-refractivity contribution is -0.122. The lowest BCUT2D eigenvalue weighted by Crippen LogP contribution is -2.33. The van der Waals surface area contributed by atoms with Gasteiger partial charge in [0.15, 0.2) is 0 Å². The van der Waals surface area contributed by atoms with E-state index in [0.29, 0.717) is 6.54 Å². The van der Waals surface area contributed by atoms with Gasteiger partial charge in [-0.3, -0.25) is 4.79 Å². The third-order valence-electron chi connectivity index (χ3n) is 2.18. The first kappa shape index (κ1) is 14.9. The molecule has 0 radical (unpaired) electrons. The van der Waals surface area contributed by atoms with Crippen LogP contribution in [-0.4, -0.2) is 19.0 Å². The lowest BCUT2D eigenvalue weighted by atomic mass is 9.98. The van der Waals surface area contributed by atoms with E-state index in [1.807, 2.05) is 6.92 Å². The molecule has 1 amide bonds. The summed E-state index contributed by atoms with van der Waals surface area (Å²) < 4.78 is 12.7. The summed E-state index contributed by atoms with van der Waals surface area (Å²) in [5.41, 5.74) is 6.26. The summed E-state index contributed by atoms with van der Waals surface area (Å²) in [6.07, 6.45) is 0. The highest BCUT2D eigenvalue weighted by Gasteiger charge is 2.17. The molecule has 0 aliphatic carbocycles. The summed E-state index contributed by atoms with van der Waals surface area (Å²) >= 11 is 0. The fraction of sp³-hybridized carbons (Fsp3) is 0.364. The van der Waals surface area contributed by atoms with Crippen molar-refractivity contribution in [1.29, 1.82) is 0 Å². The molecule has 90 valence electrons. The third-order valence-corrected chi connectivity index (χ3v) is 2.18. The van der Waals surface area contributed by atoms with Gasteiger partial charge in [-0.15, -0.1) is 12.4 Å². The van der Waals surface area contributed by atoms with Gasteiger partial charge < -0.3 is 11.1 Å². The number of likely N-dealkylation sites (N-methyl/N-ethyl adjacent to an activating group) is 1. The number of carbonyl (C=O) groups excluding carboxylic acids is 1. The third kappa shape index (κ3) is 3.79. The molecule has 16 heavy (non-hydrogen) atoms. The number of hydrogen-bond donors (Lipinski definition) is 2. The molecule has 1 aromatic rings. The Balaban J connectivity index is 0.00000225. The number of nitrogens with one attached hydrogen (secondary N) is 1. The van der Waals surface area contributed by atoms with Crippen LogP contribution in [0.15, 0.2) is 24.3 Å². The average Bonchev–Trinajstić information content (AvgIpc) is 2.22. The lowest BCUT2D eigenvalue weighted by Gasteiger charge is -2.14. The molecule has 0 aliphatic rings. The predicted molar refractivity (Wildman–Crippen MR) is 64.1 cm³/mol. The van der Waals surface area contributed by atoms with Gasteiger partial charge in [0.05, 0.1) is 5.92 Å². The van der Waals surface area contributed by atoms with Gasteiger partial charge in [0.2, 0.25) is 5.91 Å². The van der Waals surface area contributed by atoms with E-state index in [1.165, 1.54) is 12.1 Å². The number of nitrogens with two attached hydrogens (primary N) is 1. The second kappa shape index (κ2) is 7.19.